The predicted octanol–water partition coefficient (Wildman–Crippen LogP) is 4.91. The summed E-state index contributed by atoms with van der Waals surface area (Å²) in [5.41, 5.74) is 2.87. The number of rotatable bonds is 4. The molecule has 0 radical (unpaired) electrons. The molecule has 6 heteroatoms. The third kappa shape index (κ3) is 3.89. The van der Waals surface area contributed by atoms with Gasteiger partial charge in [0, 0.05) is 43.9 Å². The molecular weight excluding hydrogens is 388 g/mol. The number of aromatic nitrogens is 3. The second-order valence-electron chi connectivity index (χ2n) is 7.89. The van der Waals surface area contributed by atoms with Crippen LogP contribution in [0.25, 0.3) is 16.8 Å². The van der Waals surface area contributed by atoms with Crippen molar-refractivity contribution in [3.8, 4) is 22.8 Å². The summed E-state index contributed by atoms with van der Waals surface area (Å²) < 4.78 is 8.03. The number of hydrogen-bond donors (Lipinski definition) is 0. The molecule has 0 N–H and O–H groups in total. The maximum absolute atomic E-state index is 11.9. The highest BCUT2D eigenvalue weighted by molar-refractivity contribution is 5.77. The molecule has 6 nitrogen and oxygen atoms in total. The summed E-state index contributed by atoms with van der Waals surface area (Å²) in [5, 5.41) is 0. The molecule has 2 aromatic carbocycles. The van der Waals surface area contributed by atoms with Gasteiger partial charge in [0.05, 0.1) is 17.4 Å². The number of fused-ring (bicyclic) bond motifs is 1. The molecule has 1 atom stereocenters. The van der Waals surface area contributed by atoms with Crippen LogP contribution in [0.4, 0.5) is 0 Å². The number of benzene rings is 2. The Morgan fingerprint density at radius 3 is 2.61 bits per heavy atom. The minimum absolute atomic E-state index is 0.126. The van der Waals surface area contributed by atoms with E-state index in [1.807, 2.05) is 71.9 Å². The minimum Gasteiger partial charge on any atom is -0.457 e. The van der Waals surface area contributed by atoms with Gasteiger partial charge in [-0.25, -0.2) is 4.98 Å². The lowest BCUT2D eigenvalue weighted by atomic mass is 9.97. The molecule has 3 heterocycles. The Morgan fingerprint density at radius 2 is 1.84 bits per heavy atom. The topological polar surface area (TPSA) is 59.7 Å². The summed E-state index contributed by atoms with van der Waals surface area (Å²) in [6, 6.07) is 17.7. The van der Waals surface area contributed by atoms with E-state index >= 15 is 0 Å². The van der Waals surface area contributed by atoms with Crippen LogP contribution in [0.1, 0.15) is 31.5 Å². The van der Waals surface area contributed by atoms with E-state index in [-0.39, 0.29) is 11.8 Å². The first kappa shape index (κ1) is 19.3. The van der Waals surface area contributed by atoms with E-state index in [0.717, 1.165) is 53.5 Å². The van der Waals surface area contributed by atoms with Crippen LogP contribution in [0, 0.1) is 0 Å². The molecule has 0 spiro atoms. The van der Waals surface area contributed by atoms with Gasteiger partial charge in [0.2, 0.25) is 5.91 Å². The van der Waals surface area contributed by atoms with Crippen LogP contribution in [0.2, 0.25) is 0 Å². The van der Waals surface area contributed by atoms with E-state index in [0.29, 0.717) is 6.54 Å². The van der Waals surface area contributed by atoms with Gasteiger partial charge in [-0.3, -0.25) is 14.2 Å². The Labute approximate surface area is 181 Å². The van der Waals surface area contributed by atoms with Crippen molar-refractivity contribution in [2.24, 2.45) is 0 Å². The molecule has 4 aromatic rings. The quantitative estimate of drug-likeness (QED) is 0.478. The molecule has 5 rings (SSSR count). The highest BCUT2D eigenvalue weighted by atomic mass is 16.5. The third-order valence-corrected chi connectivity index (χ3v) is 5.81. The number of carbonyl (C=O) groups is 1. The number of carbonyl (C=O) groups excluding carboxylic acids is 1. The number of nitrogens with zero attached hydrogens (tertiary/aromatic N) is 4. The standard InChI is InChI=1S/C25H24N4O2/c1-18(30)28-14-5-6-20(17-28)25-27-24(23-16-26-13-15-29(23)25)19-9-11-22(12-10-19)31-21-7-3-2-4-8-21/h2-4,7-13,15-16,20H,5-6,14,17H2,1H3/t20-/m1/s1. The van der Waals surface area contributed by atoms with Gasteiger partial charge < -0.3 is 9.64 Å². The van der Waals surface area contributed by atoms with E-state index in [1.165, 1.54) is 0 Å². The average molecular weight is 412 g/mol. The SMILES string of the molecule is CC(=O)N1CCC[C@@H](c2nc(-c3ccc(Oc4ccccc4)cc3)c3cnccn23)C1. The zero-order valence-electron chi connectivity index (χ0n) is 17.4. The van der Waals surface area contributed by atoms with Crippen molar-refractivity contribution in [2.45, 2.75) is 25.7 Å². The number of piperidine rings is 1. The molecule has 156 valence electrons. The monoisotopic (exact) mass is 412 g/mol. The molecule has 1 aliphatic heterocycles. The van der Waals surface area contributed by atoms with Crippen LogP contribution >= 0.6 is 0 Å². The van der Waals surface area contributed by atoms with Crippen LogP contribution in [0.5, 0.6) is 11.5 Å². The second-order valence-corrected chi connectivity index (χ2v) is 7.89. The highest BCUT2D eigenvalue weighted by Crippen LogP contribution is 2.33. The van der Waals surface area contributed by atoms with Gasteiger partial charge in [-0.15, -0.1) is 0 Å². The summed E-state index contributed by atoms with van der Waals surface area (Å²) in [6.45, 7) is 3.17. The first-order valence-electron chi connectivity index (χ1n) is 10.6. The van der Waals surface area contributed by atoms with Gasteiger partial charge in [-0.2, -0.15) is 0 Å². The van der Waals surface area contributed by atoms with Crippen LogP contribution in [-0.2, 0) is 4.79 Å². The molecule has 2 aromatic heterocycles. The average Bonchev–Trinajstić information content (AvgIpc) is 3.20. The first-order chi connectivity index (χ1) is 15.2. The maximum atomic E-state index is 11.9. The molecular formula is C25H24N4O2. The highest BCUT2D eigenvalue weighted by Gasteiger charge is 2.27. The zero-order chi connectivity index (χ0) is 21.2. The van der Waals surface area contributed by atoms with Crippen molar-refractivity contribution in [3.63, 3.8) is 0 Å². The number of ether oxygens (including phenoxy) is 1. The van der Waals surface area contributed by atoms with Gasteiger partial charge in [-0.1, -0.05) is 18.2 Å². The molecule has 0 aliphatic carbocycles. The molecule has 0 saturated carbocycles. The van der Waals surface area contributed by atoms with Gasteiger partial charge in [0.15, 0.2) is 0 Å². The van der Waals surface area contributed by atoms with Gasteiger partial charge in [0.25, 0.3) is 0 Å². The van der Waals surface area contributed by atoms with E-state index < -0.39 is 0 Å². The van der Waals surface area contributed by atoms with E-state index in [1.54, 1.807) is 13.1 Å². The molecule has 1 fully saturated rings. The Balaban J connectivity index is 1.47. The molecule has 1 aliphatic rings. The Hall–Kier alpha value is -3.67. The summed E-state index contributed by atoms with van der Waals surface area (Å²) >= 11 is 0. The summed E-state index contributed by atoms with van der Waals surface area (Å²) in [6.07, 6.45) is 7.61. The first-order valence-corrected chi connectivity index (χ1v) is 10.6. The minimum atomic E-state index is 0.126. The number of amides is 1. The van der Waals surface area contributed by atoms with Gasteiger partial charge in [-0.05, 0) is 49.2 Å². The second kappa shape index (κ2) is 8.22. The number of hydrogen-bond acceptors (Lipinski definition) is 4. The normalized spacial score (nSPS) is 16.4. The summed E-state index contributed by atoms with van der Waals surface area (Å²) in [7, 11) is 0. The smallest absolute Gasteiger partial charge is 0.219 e. The van der Waals surface area contributed by atoms with Crippen molar-refractivity contribution in [1.82, 2.24) is 19.3 Å². The van der Waals surface area contributed by atoms with Crippen LogP contribution in [-0.4, -0.2) is 38.3 Å². The lowest BCUT2D eigenvalue weighted by Gasteiger charge is -2.31. The zero-order valence-corrected chi connectivity index (χ0v) is 17.4. The van der Waals surface area contributed by atoms with Crippen molar-refractivity contribution < 1.29 is 9.53 Å². The summed E-state index contributed by atoms with van der Waals surface area (Å²) in [4.78, 5) is 23.2. The Kier molecular flexibility index (Phi) is 5.12. The molecule has 0 unspecified atom stereocenters. The molecule has 31 heavy (non-hydrogen) atoms. The fourth-order valence-corrected chi connectivity index (χ4v) is 4.24. The largest absolute Gasteiger partial charge is 0.457 e. The number of imidazole rings is 1. The lowest BCUT2D eigenvalue weighted by molar-refractivity contribution is -0.130. The van der Waals surface area contributed by atoms with E-state index in [4.69, 9.17) is 9.72 Å². The molecule has 1 saturated heterocycles. The van der Waals surface area contributed by atoms with Crippen LogP contribution in [0.15, 0.2) is 73.2 Å². The lowest BCUT2D eigenvalue weighted by Crippen LogP contribution is -2.38. The van der Waals surface area contributed by atoms with Crippen LogP contribution < -0.4 is 4.74 Å². The third-order valence-electron chi connectivity index (χ3n) is 5.81. The van der Waals surface area contributed by atoms with Crippen molar-refractivity contribution in [1.29, 1.82) is 0 Å². The van der Waals surface area contributed by atoms with E-state index in [9.17, 15) is 4.79 Å². The van der Waals surface area contributed by atoms with Crippen LogP contribution in [0.3, 0.4) is 0 Å². The fraction of sp³-hybridized carbons (Fsp3) is 0.240. The molecule has 0 bridgehead atoms. The molecule has 1 amide bonds. The Morgan fingerprint density at radius 1 is 1.06 bits per heavy atom. The van der Waals surface area contributed by atoms with Crippen molar-refractivity contribution >= 4 is 11.4 Å². The maximum Gasteiger partial charge on any atom is 0.219 e. The van der Waals surface area contributed by atoms with E-state index in [2.05, 4.69) is 9.38 Å². The predicted molar refractivity (Wildman–Crippen MR) is 119 cm³/mol. The van der Waals surface area contributed by atoms with Crippen molar-refractivity contribution in [3.05, 3.63) is 79.0 Å². The number of likely N-dealkylation sites (tertiary alicyclic amines) is 1. The number of para-hydroxylation sites is 1. The van der Waals surface area contributed by atoms with Gasteiger partial charge in [0.1, 0.15) is 17.3 Å². The van der Waals surface area contributed by atoms with Gasteiger partial charge >= 0.3 is 0 Å². The summed E-state index contributed by atoms with van der Waals surface area (Å²) in [5.74, 6) is 2.91. The Bertz CT molecular complexity index is 1200. The fourth-order valence-electron chi connectivity index (χ4n) is 4.24. The van der Waals surface area contributed by atoms with Crippen molar-refractivity contribution in [2.75, 3.05) is 13.1 Å².